The fourth-order valence-corrected chi connectivity index (χ4v) is 2.24. The van der Waals surface area contributed by atoms with Gasteiger partial charge in [0.05, 0.1) is 0 Å². The summed E-state index contributed by atoms with van der Waals surface area (Å²) in [6, 6.07) is 8.63. The fourth-order valence-electron chi connectivity index (χ4n) is 2.24. The van der Waals surface area contributed by atoms with Gasteiger partial charge < -0.3 is 0 Å². The molecule has 1 atom stereocenters. The van der Waals surface area contributed by atoms with Gasteiger partial charge in [-0.25, -0.2) is 0 Å². The average molecular weight is 196 g/mol. The third-order valence-electron chi connectivity index (χ3n) is 2.89. The van der Waals surface area contributed by atoms with Crippen LogP contribution in [0, 0.1) is 0 Å². The zero-order valence-electron chi connectivity index (χ0n) is 8.95. The second-order valence-corrected chi connectivity index (χ2v) is 3.90. The Kier molecular flexibility index (Phi) is 2.86. The van der Waals surface area contributed by atoms with Crippen LogP contribution in [0.5, 0.6) is 0 Å². The van der Waals surface area contributed by atoms with Crippen molar-refractivity contribution in [3.05, 3.63) is 66.8 Å². The average Bonchev–Trinajstić information content (AvgIpc) is 2.59. The van der Waals surface area contributed by atoms with Gasteiger partial charge in [0, 0.05) is 5.92 Å². The lowest BCUT2D eigenvalue weighted by Crippen LogP contribution is -1.90. The van der Waals surface area contributed by atoms with E-state index in [-0.39, 0.29) is 0 Å². The lowest BCUT2D eigenvalue weighted by molar-refractivity contribution is 0.881. The van der Waals surface area contributed by atoms with Gasteiger partial charge in [0.2, 0.25) is 0 Å². The molecule has 2 rings (SSSR count). The molecule has 0 heteroatoms. The van der Waals surface area contributed by atoms with Crippen molar-refractivity contribution >= 4 is 5.57 Å². The van der Waals surface area contributed by atoms with Crippen LogP contribution in [-0.4, -0.2) is 0 Å². The van der Waals surface area contributed by atoms with E-state index in [2.05, 4.69) is 43.5 Å². The maximum atomic E-state index is 3.82. The summed E-state index contributed by atoms with van der Waals surface area (Å²) in [5, 5.41) is 0. The number of hydrogen-bond donors (Lipinski definition) is 0. The SMILES string of the molecule is C=CCC1=CC(CC=C)c2ccccc21. The summed E-state index contributed by atoms with van der Waals surface area (Å²) >= 11 is 0. The number of fused-ring (bicyclic) bond motifs is 1. The molecule has 0 radical (unpaired) electrons. The van der Waals surface area contributed by atoms with Gasteiger partial charge >= 0.3 is 0 Å². The van der Waals surface area contributed by atoms with Gasteiger partial charge in [-0.15, -0.1) is 13.2 Å². The Morgan fingerprint density at radius 2 is 1.93 bits per heavy atom. The summed E-state index contributed by atoms with van der Waals surface area (Å²) in [6.07, 6.45) is 8.31. The fraction of sp³-hybridized carbons (Fsp3) is 0.200. The molecule has 0 bridgehead atoms. The molecule has 0 aromatic heterocycles. The first kappa shape index (κ1) is 9.97. The van der Waals surface area contributed by atoms with E-state index in [1.165, 1.54) is 16.7 Å². The zero-order chi connectivity index (χ0) is 10.7. The van der Waals surface area contributed by atoms with Gasteiger partial charge in [0.1, 0.15) is 0 Å². The molecule has 0 spiro atoms. The minimum absolute atomic E-state index is 0.522. The van der Waals surface area contributed by atoms with Crippen LogP contribution in [0.4, 0.5) is 0 Å². The molecule has 1 aromatic carbocycles. The normalized spacial score (nSPS) is 18.1. The van der Waals surface area contributed by atoms with Crippen LogP contribution in [0.25, 0.3) is 5.57 Å². The van der Waals surface area contributed by atoms with E-state index in [1.54, 1.807) is 0 Å². The molecule has 0 saturated carbocycles. The van der Waals surface area contributed by atoms with Crippen molar-refractivity contribution in [3.63, 3.8) is 0 Å². The Bertz CT molecular complexity index is 410. The van der Waals surface area contributed by atoms with Crippen LogP contribution in [-0.2, 0) is 0 Å². The molecule has 76 valence electrons. The van der Waals surface area contributed by atoms with Gasteiger partial charge in [-0.3, -0.25) is 0 Å². The van der Waals surface area contributed by atoms with E-state index in [0.717, 1.165) is 12.8 Å². The summed E-state index contributed by atoms with van der Waals surface area (Å²) in [6.45, 7) is 7.63. The van der Waals surface area contributed by atoms with Crippen molar-refractivity contribution < 1.29 is 0 Å². The molecule has 0 fully saturated rings. The first-order valence-corrected chi connectivity index (χ1v) is 5.38. The first-order chi connectivity index (χ1) is 7.36. The number of allylic oxidation sites excluding steroid dienone is 4. The second-order valence-electron chi connectivity index (χ2n) is 3.90. The van der Waals surface area contributed by atoms with Crippen LogP contribution in [0.2, 0.25) is 0 Å². The number of rotatable bonds is 4. The standard InChI is InChI=1S/C15H16/c1-3-7-12-11-13(8-4-2)15-10-6-5-9-14(12)15/h3-6,9-12H,1-2,7-8H2. The molecule has 1 aliphatic carbocycles. The van der Waals surface area contributed by atoms with Gasteiger partial charge in [-0.2, -0.15) is 0 Å². The summed E-state index contributed by atoms with van der Waals surface area (Å²) in [4.78, 5) is 0. The predicted molar refractivity (Wildman–Crippen MR) is 66.8 cm³/mol. The van der Waals surface area contributed by atoms with Crippen molar-refractivity contribution in [1.82, 2.24) is 0 Å². The van der Waals surface area contributed by atoms with Gasteiger partial charge in [0.15, 0.2) is 0 Å². The first-order valence-electron chi connectivity index (χ1n) is 5.38. The van der Waals surface area contributed by atoms with Crippen LogP contribution >= 0.6 is 0 Å². The highest BCUT2D eigenvalue weighted by atomic mass is 14.2. The lowest BCUT2D eigenvalue weighted by Gasteiger charge is -2.07. The van der Waals surface area contributed by atoms with Crippen molar-refractivity contribution in [2.75, 3.05) is 0 Å². The summed E-state index contributed by atoms with van der Waals surface area (Å²) < 4.78 is 0. The Hall–Kier alpha value is -1.56. The van der Waals surface area contributed by atoms with Crippen molar-refractivity contribution in [2.24, 2.45) is 0 Å². The maximum Gasteiger partial charge on any atom is 0.00645 e. The Morgan fingerprint density at radius 3 is 2.67 bits per heavy atom. The molecule has 1 aromatic rings. The van der Waals surface area contributed by atoms with Gasteiger partial charge in [0.25, 0.3) is 0 Å². The van der Waals surface area contributed by atoms with E-state index < -0.39 is 0 Å². The Balaban J connectivity index is 2.39. The Labute approximate surface area is 91.6 Å². The quantitative estimate of drug-likeness (QED) is 0.629. The summed E-state index contributed by atoms with van der Waals surface area (Å²) in [7, 11) is 0. The molecule has 0 aliphatic heterocycles. The maximum absolute atomic E-state index is 3.82. The summed E-state index contributed by atoms with van der Waals surface area (Å²) in [5.41, 5.74) is 4.24. The number of hydrogen-bond acceptors (Lipinski definition) is 0. The third kappa shape index (κ3) is 1.80. The molecule has 1 unspecified atom stereocenters. The summed E-state index contributed by atoms with van der Waals surface area (Å²) in [5.74, 6) is 0.522. The molecule has 0 saturated heterocycles. The highest BCUT2D eigenvalue weighted by Gasteiger charge is 2.20. The molecule has 0 amide bonds. The lowest BCUT2D eigenvalue weighted by atomic mass is 9.97. The van der Waals surface area contributed by atoms with E-state index in [4.69, 9.17) is 0 Å². The monoisotopic (exact) mass is 196 g/mol. The van der Waals surface area contributed by atoms with Crippen LogP contribution in [0.15, 0.2) is 55.7 Å². The molecule has 0 N–H and O–H groups in total. The molecular formula is C15H16. The van der Waals surface area contributed by atoms with Crippen LogP contribution in [0.1, 0.15) is 29.9 Å². The topological polar surface area (TPSA) is 0 Å². The predicted octanol–water partition coefficient (Wildman–Crippen LogP) is 4.32. The smallest absolute Gasteiger partial charge is 0.00645 e. The van der Waals surface area contributed by atoms with Crippen molar-refractivity contribution in [1.29, 1.82) is 0 Å². The second kappa shape index (κ2) is 4.31. The zero-order valence-corrected chi connectivity index (χ0v) is 8.95. The molecule has 1 aliphatic rings. The minimum atomic E-state index is 0.522. The van der Waals surface area contributed by atoms with E-state index in [0.29, 0.717) is 5.92 Å². The molecular weight excluding hydrogens is 180 g/mol. The molecule has 0 heterocycles. The van der Waals surface area contributed by atoms with E-state index in [1.807, 2.05) is 12.2 Å². The number of benzene rings is 1. The molecule has 15 heavy (non-hydrogen) atoms. The highest BCUT2D eigenvalue weighted by molar-refractivity contribution is 5.75. The highest BCUT2D eigenvalue weighted by Crippen LogP contribution is 2.39. The Morgan fingerprint density at radius 1 is 1.13 bits per heavy atom. The largest absolute Gasteiger partial charge is 0.103 e. The van der Waals surface area contributed by atoms with Gasteiger partial charge in [-0.1, -0.05) is 42.5 Å². The molecule has 0 nitrogen and oxygen atoms in total. The van der Waals surface area contributed by atoms with E-state index >= 15 is 0 Å². The van der Waals surface area contributed by atoms with Crippen LogP contribution < -0.4 is 0 Å². The van der Waals surface area contributed by atoms with E-state index in [9.17, 15) is 0 Å². The van der Waals surface area contributed by atoms with Crippen LogP contribution in [0.3, 0.4) is 0 Å². The third-order valence-corrected chi connectivity index (χ3v) is 2.89. The van der Waals surface area contributed by atoms with Gasteiger partial charge in [-0.05, 0) is 29.5 Å². The minimum Gasteiger partial charge on any atom is -0.103 e. The van der Waals surface area contributed by atoms with Crippen molar-refractivity contribution in [3.8, 4) is 0 Å². The van der Waals surface area contributed by atoms with Crippen molar-refractivity contribution in [2.45, 2.75) is 18.8 Å².